The van der Waals surface area contributed by atoms with Gasteiger partial charge in [-0.05, 0) is 13.8 Å². The van der Waals surface area contributed by atoms with E-state index in [0.717, 1.165) is 11.4 Å². The van der Waals surface area contributed by atoms with Crippen LogP contribution in [0.2, 0.25) is 0 Å². The predicted octanol–water partition coefficient (Wildman–Crippen LogP) is 0.597. The zero-order valence-corrected chi connectivity index (χ0v) is 14.4. The van der Waals surface area contributed by atoms with Crippen LogP contribution in [-0.2, 0) is 23.5 Å². The van der Waals surface area contributed by atoms with E-state index < -0.39 is 30.7 Å². The molecule has 23 heavy (non-hydrogen) atoms. The highest BCUT2D eigenvalue weighted by atomic mass is 32.7. The van der Waals surface area contributed by atoms with Crippen molar-refractivity contribution in [2.24, 2.45) is 5.73 Å². The maximum Gasteiger partial charge on any atom is 0.328 e. The molecule has 0 radical (unpaired) electrons. The molecule has 0 bridgehead atoms. The molecule has 0 saturated carbocycles. The zero-order valence-electron chi connectivity index (χ0n) is 12.7. The molecule has 0 aromatic heterocycles. The lowest BCUT2D eigenvalue weighted by atomic mass is 10.4. The van der Waals surface area contributed by atoms with Crippen molar-refractivity contribution in [2.75, 3.05) is 18.9 Å². The van der Waals surface area contributed by atoms with Gasteiger partial charge in [-0.2, -0.15) is 0 Å². The van der Waals surface area contributed by atoms with E-state index in [2.05, 4.69) is 5.09 Å². The predicted molar refractivity (Wildman–Crippen MR) is 85.4 cm³/mol. The number of nitrogens with two attached hydrogens (primary N) is 1. The van der Waals surface area contributed by atoms with Gasteiger partial charge in [0.25, 0.3) is 0 Å². The van der Waals surface area contributed by atoms with Crippen molar-refractivity contribution in [3.05, 3.63) is 12.2 Å². The maximum atomic E-state index is 12.0. The van der Waals surface area contributed by atoms with Crippen LogP contribution in [0.4, 0.5) is 0 Å². The third kappa shape index (κ3) is 15.3. The molecule has 0 amide bonds. The van der Waals surface area contributed by atoms with Crippen LogP contribution in [0.25, 0.3) is 0 Å². The monoisotopic (exact) mass is 372 g/mol. The van der Waals surface area contributed by atoms with Crippen molar-refractivity contribution < 1.29 is 38.8 Å². The van der Waals surface area contributed by atoms with Gasteiger partial charge in [0.15, 0.2) is 0 Å². The Morgan fingerprint density at radius 2 is 1.74 bits per heavy atom. The first-order chi connectivity index (χ1) is 10.6. The number of carboxylic acid groups (broad SMARTS) is 3. The summed E-state index contributed by atoms with van der Waals surface area (Å²) in [7, 11) is 0. The maximum absolute atomic E-state index is 12.0. The van der Waals surface area contributed by atoms with Gasteiger partial charge in [0.1, 0.15) is 6.04 Å². The largest absolute Gasteiger partial charge is 0.480 e. The van der Waals surface area contributed by atoms with Crippen molar-refractivity contribution in [3.63, 3.8) is 0 Å². The summed E-state index contributed by atoms with van der Waals surface area (Å²) in [5.41, 5.74) is 5.28. The quantitative estimate of drug-likeness (QED) is 0.268. The van der Waals surface area contributed by atoms with Crippen LogP contribution < -0.4 is 10.8 Å². The van der Waals surface area contributed by atoms with E-state index in [4.69, 9.17) is 25.6 Å². The fourth-order valence-electron chi connectivity index (χ4n) is 0.890. The second kappa shape index (κ2) is 13.1. The molecule has 1 unspecified atom stereocenters. The lowest BCUT2D eigenvalue weighted by molar-refractivity contribution is -0.138. The van der Waals surface area contributed by atoms with Crippen LogP contribution in [0.1, 0.15) is 13.8 Å². The van der Waals surface area contributed by atoms with E-state index in [1.807, 2.05) is 0 Å². The first-order valence-corrected chi connectivity index (χ1v) is 9.53. The zero-order chi connectivity index (χ0) is 18.5. The molecule has 10 nitrogen and oxygen atoms in total. The molecule has 0 aliphatic heterocycles. The second-order valence-corrected chi connectivity index (χ2v) is 8.13. The summed E-state index contributed by atoms with van der Waals surface area (Å²) in [4.78, 5) is 29.7. The topological polar surface area (TPSA) is 176 Å². The average molecular weight is 372 g/mol. The Labute approximate surface area is 137 Å². The molecule has 0 rings (SSSR count). The van der Waals surface area contributed by atoms with E-state index in [0.29, 0.717) is 24.4 Å². The third-order valence-electron chi connectivity index (χ3n) is 1.77. The number of carboxylic acids is 3. The Morgan fingerprint density at radius 1 is 1.26 bits per heavy atom. The van der Waals surface area contributed by atoms with Crippen molar-refractivity contribution in [3.8, 4) is 0 Å². The molecule has 12 heteroatoms. The van der Waals surface area contributed by atoms with E-state index in [-0.39, 0.29) is 6.61 Å². The highest BCUT2D eigenvalue weighted by molar-refractivity contribution is 8.56. The van der Waals surface area contributed by atoms with Gasteiger partial charge in [0, 0.05) is 24.4 Å². The molecule has 2 atom stereocenters. The number of hydrogen-bond donors (Lipinski definition) is 5. The number of nitrogens with one attached hydrogen (secondary N) is 1. The van der Waals surface area contributed by atoms with E-state index in [1.54, 1.807) is 6.92 Å². The van der Waals surface area contributed by atoms with Crippen molar-refractivity contribution in [1.82, 2.24) is 5.09 Å². The van der Waals surface area contributed by atoms with Crippen LogP contribution >= 0.6 is 18.1 Å². The third-order valence-corrected chi connectivity index (χ3v) is 6.03. The molecule has 0 aromatic carbocycles. The van der Waals surface area contributed by atoms with Gasteiger partial charge in [-0.25, -0.2) is 14.7 Å². The average Bonchev–Trinajstić information content (AvgIpc) is 2.43. The second-order valence-electron chi connectivity index (χ2n) is 3.74. The summed E-state index contributed by atoms with van der Waals surface area (Å²) in [6.45, 7) is 0.595. The first kappa shape index (κ1) is 23.9. The van der Waals surface area contributed by atoms with Crippen molar-refractivity contribution >= 4 is 36.0 Å². The highest BCUT2D eigenvalue weighted by Crippen LogP contribution is 2.55. The molecule has 0 aliphatic rings. The van der Waals surface area contributed by atoms with Crippen molar-refractivity contribution in [1.29, 1.82) is 0 Å². The number of hydrogen-bond acceptors (Lipinski definition) is 7. The highest BCUT2D eigenvalue weighted by Gasteiger charge is 2.27. The molecule has 0 heterocycles. The number of aliphatic carboxylic acids is 3. The number of rotatable bonds is 10. The van der Waals surface area contributed by atoms with E-state index in [1.165, 1.54) is 6.92 Å². The molecule has 0 spiro atoms. The molecule has 6 N–H and O–H groups in total. The SMILES string of the molecule is CCO[P@](=O)(NC(C)C(=O)O)SCCN.O=C(O)/C=C/C(=O)O. The van der Waals surface area contributed by atoms with Crippen LogP contribution in [0.3, 0.4) is 0 Å². The summed E-state index contributed by atoms with van der Waals surface area (Å²) < 4.78 is 17.0. The Balaban J connectivity index is 0. The van der Waals surface area contributed by atoms with Crippen LogP contribution in [0, 0.1) is 0 Å². The number of carbonyl (C=O) groups is 3. The summed E-state index contributed by atoms with van der Waals surface area (Å²) in [5, 5.41) is 26.8. The van der Waals surface area contributed by atoms with Gasteiger partial charge in [-0.3, -0.25) is 9.36 Å². The van der Waals surface area contributed by atoms with Crippen molar-refractivity contribution in [2.45, 2.75) is 19.9 Å². The molecular weight excluding hydrogens is 351 g/mol. The van der Waals surface area contributed by atoms with Gasteiger partial charge >= 0.3 is 24.6 Å². The minimum Gasteiger partial charge on any atom is -0.480 e. The Hall–Kier alpha value is -1.39. The molecule has 134 valence electrons. The van der Waals surface area contributed by atoms with Crippen LogP contribution in [0.15, 0.2) is 12.2 Å². The first-order valence-electron chi connectivity index (χ1n) is 6.31. The molecule has 0 aromatic rings. The summed E-state index contributed by atoms with van der Waals surface area (Å²) >= 11 is 1.03. The van der Waals surface area contributed by atoms with Crippen LogP contribution in [0.5, 0.6) is 0 Å². The summed E-state index contributed by atoms with van der Waals surface area (Å²) in [6, 6.07) is -0.910. The fourth-order valence-corrected chi connectivity index (χ4v) is 4.66. The molecule has 0 aliphatic carbocycles. The lowest BCUT2D eigenvalue weighted by Gasteiger charge is -2.19. The Bertz CT molecular complexity index is 455. The van der Waals surface area contributed by atoms with E-state index >= 15 is 0 Å². The summed E-state index contributed by atoms with van der Waals surface area (Å²) in [5.74, 6) is -3.13. The van der Waals surface area contributed by atoms with Crippen LogP contribution in [-0.4, -0.2) is 58.2 Å². The Morgan fingerprint density at radius 3 is 2.04 bits per heavy atom. The van der Waals surface area contributed by atoms with Gasteiger partial charge in [-0.15, -0.1) is 0 Å². The summed E-state index contributed by atoms with van der Waals surface area (Å²) in [6.07, 6.45) is 1.12. The van der Waals surface area contributed by atoms with Gasteiger partial charge < -0.3 is 25.6 Å². The Kier molecular flexibility index (Phi) is 13.6. The van der Waals surface area contributed by atoms with Gasteiger partial charge in [0.2, 0.25) is 0 Å². The standard InChI is InChI=1S/C7H17N2O4PS.C4H4O4/c1-3-13-14(12,15-5-4-8)9-6(2)7(10)11;5-3(6)1-2-4(7)8/h6H,3-5,8H2,1-2H3,(H,9,12)(H,10,11);1-2H,(H,5,6)(H,7,8)/b;2-1+/t6?,14-;/m1./s1. The normalized spacial score (nSPS) is 14.4. The smallest absolute Gasteiger partial charge is 0.328 e. The van der Waals surface area contributed by atoms with Gasteiger partial charge in [0.05, 0.1) is 6.61 Å². The molecule has 0 saturated heterocycles. The molecule has 0 fully saturated rings. The minimum absolute atomic E-state index is 0.258. The fraction of sp³-hybridized carbons (Fsp3) is 0.545. The lowest BCUT2D eigenvalue weighted by Crippen LogP contribution is -2.31. The molecular formula is C11H21N2O8PS. The van der Waals surface area contributed by atoms with E-state index in [9.17, 15) is 18.9 Å². The minimum atomic E-state index is -3.14. The van der Waals surface area contributed by atoms with Gasteiger partial charge in [-0.1, -0.05) is 11.4 Å².